The van der Waals surface area contributed by atoms with E-state index in [9.17, 15) is 0 Å². The SMILES string of the molecule is c1ccc(C23c4ccccc4-c4cccc(c42)C2(c4ccccc4-c4cccc(-c5ccc6oc7ccccc7c6c5)c42)c2ccccc23)cc1.c1ccc(C23c4ccccc4-c4cccc(c42)C2(c4ccccc4-c4cccc(-c5ccc6sc7ccccc7c6c5)c42)c2ccccc23)cc1. The Kier molecular flexibility index (Phi) is 11.4. The topological polar surface area (TPSA) is 13.1 Å². The lowest BCUT2D eigenvalue weighted by Crippen LogP contribution is -2.43. The van der Waals surface area contributed by atoms with Gasteiger partial charge in [-0.2, -0.15) is 0 Å². The maximum Gasteiger partial charge on any atom is 0.135 e. The zero-order valence-electron chi connectivity index (χ0n) is 55.5. The number of furan rings is 1. The highest BCUT2D eigenvalue weighted by atomic mass is 32.1. The monoisotopic (exact) mass is 1310 g/mol. The van der Waals surface area contributed by atoms with Gasteiger partial charge in [0.05, 0.1) is 21.7 Å². The van der Waals surface area contributed by atoms with Crippen LogP contribution in [0.1, 0.15) is 89.0 Å². The van der Waals surface area contributed by atoms with Crippen LogP contribution in [0.25, 0.3) is 109 Å². The van der Waals surface area contributed by atoms with Crippen molar-refractivity contribution in [3.8, 4) is 66.8 Å². The number of hydrogen-bond acceptors (Lipinski definition) is 2. The molecule has 0 bridgehead atoms. The standard InChI is InChI=1S/C50H30O.C50H30S/c2*1-2-14-32(15-3-1)49-40-22-7-4-17-35(40)38-21-13-26-44(48(38)49)50(43-25-10-9-24-42(43)49)41-23-8-5-16-34(41)37-20-12-19-33(47(37)50)31-28-29-46-39(30-31)36-18-6-11-27-45(36)51-46/h2*1-30H. The van der Waals surface area contributed by atoms with Crippen molar-refractivity contribution in [1.82, 2.24) is 0 Å². The van der Waals surface area contributed by atoms with Crippen molar-refractivity contribution in [3.05, 3.63) is 453 Å². The van der Waals surface area contributed by atoms with E-state index in [4.69, 9.17) is 4.42 Å². The van der Waals surface area contributed by atoms with Gasteiger partial charge < -0.3 is 4.42 Å². The van der Waals surface area contributed by atoms with Gasteiger partial charge in [0.15, 0.2) is 0 Å². The zero-order valence-corrected chi connectivity index (χ0v) is 56.3. The van der Waals surface area contributed by atoms with Gasteiger partial charge in [0.2, 0.25) is 0 Å². The van der Waals surface area contributed by atoms with Crippen molar-refractivity contribution in [1.29, 1.82) is 0 Å². The minimum absolute atomic E-state index is 0.438. The molecular weight excluding hydrogens is 1250 g/mol. The van der Waals surface area contributed by atoms with Gasteiger partial charge in [-0.15, -0.1) is 11.3 Å². The molecule has 24 rings (SSSR count). The third kappa shape index (κ3) is 6.84. The first-order valence-electron chi connectivity index (χ1n) is 35.7. The normalized spacial score (nSPS) is 18.7. The Morgan fingerprint density at radius 1 is 0.186 bits per heavy atom. The van der Waals surface area contributed by atoms with E-state index in [1.807, 2.05) is 17.4 Å². The number of benzene rings is 16. The van der Waals surface area contributed by atoms with E-state index in [1.165, 1.54) is 176 Å². The molecule has 2 heteroatoms. The van der Waals surface area contributed by atoms with Crippen LogP contribution in [0, 0.1) is 0 Å². The van der Waals surface area contributed by atoms with Crippen LogP contribution < -0.4 is 0 Å². The first kappa shape index (κ1) is 56.4. The Hall–Kier alpha value is -12.5. The second kappa shape index (κ2) is 20.6. The minimum Gasteiger partial charge on any atom is -0.456 e. The molecule has 1 nitrogen and oxygen atoms in total. The maximum absolute atomic E-state index is 6.31. The number of rotatable bonds is 4. The van der Waals surface area contributed by atoms with Gasteiger partial charge in [0, 0.05) is 30.9 Å². The van der Waals surface area contributed by atoms with Gasteiger partial charge in [0.25, 0.3) is 0 Å². The fraction of sp³-hybridized carbons (Fsp3) is 0.0400. The van der Waals surface area contributed by atoms with Crippen molar-refractivity contribution >= 4 is 53.4 Å². The molecule has 472 valence electrons. The van der Waals surface area contributed by atoms with Gasteiger partial charge in [-0.05, 0) is 192 Å². The van der Waals surface area contributed by atoms with Crippen molar-refractivity contribution in [2.75, 3.05) is 0 Å². The Morgan fingerprint density at radius 2 is 0.510 bits per heavy atom. The van der Waals surface area contributed by atoms with E-state index in [1.54, 1.807) is 0 Å². The number of para-hydroxylation sites is 1. The van der Waals surface area contributed by atoms with Gasteiger partial charge in [-0.25, -0.2) is 0 Å². The van der Waals surface area contributed by atoms with E-state index in [2.05, 4.69) is 358 Å². The zero-order chi connectivity index (χ0) is 66.6. The van der Waals surface area contributed by atoms with Crippen molar-refractivity contribution < 1.29 is 4.42 Å². The van der Waals surface area contributed by atoms with Crippen molar-refractivity contribution in [2.24, 2.45) is 0 Å². The molecule has 0 amide bonds. The largest absolute Gasteiger partial charge is 0.456 e. The molecule has 0 saturated carbocycles. The third-order valence-corrected chi connectivity index (χ3v) is 25.5. The molecule has 6 aliphatic carbocycles. The maximum atomic E-state index is 6.31. The van der Waals surface area contributed by atoms with Crippen molar-refractivity contribution in [3.63, 3.8) is 0 Å². The molecule has 2 spiro atoms. The van der Waals surface area contributed by atoms with Crippen LogP contribution in [0.2, 0.25) is 0 Å². The fourth-order valence-corrected chi connectivity index (χ4v) is 22.0. The first-order chi connectivity index (χ1) is 50.6. The molecule has 2 aromatic heterocycles. The van der Waals surface area contributed by atoms with Crippen LogP contribution in [0.15, 0.2) is 368 Å². The molecule has 2 heterocycles. The molecule has 0 radical (unpaired) electrons. The Labute approximate surface area is 595 Å². The fourth-order valence-electron chi connectivity index (χ4n) is 20.9. The summed E-state index contributed by atoms with van der Waals surface area (Å²) in [7, 11) is 0. The summed E-state index contributed by atoms with van der Waals surface area (Å²) in [5.41, 5.74) is 37.4. The van der Waals surface area contributed by atoms with Crippen LogP contribution in [0.5, 0.6) is 0 Å². The van der Waals surface area contributed by atoms with Gasteiger partial charge in [-0.1, -0.05) is 328 Å². The van der Waals surface area contributed by atoms with E-state index in [0.717, 1.165) is 21.9 Å². The highest BCUT2D eigenvalue weighted by Gasteiger charge is 2.62. The lowest BCUT2D eigenvalue weighted by molar-refractivity contribution is 0.637. The molecule has 4 unspecified atom stereocenters. The van der Waals surface area contributed by atoms with E-state index >= 15 is 0 Å². The molecule has 0 aliphatic heterocycles. The third-order valence-electron chi connectivity index (χ3n) is 24.3. The molecule has 0 N–H and O–H groups in total. The van der Waals surface area contributed by atoms with E-state index < -0.39 is 21.7 Å². The summed E-state index contributed by atoms with van der Waals surface area (Å²) in [6.07, 6.45) is 0. The van der Waals surface area contributed by atoms with Crippen LogP contribution >= 0.6 is 11.3 Å². The second-order valence-corrected chi connectivity index (χ2v) is 29.6. The molecule has 0 fully saturated rings. The summed E-state index contributed by atoms with van der Waals surface area (Å²) in [4.78, 5) is 0. The number of fused-ring (bicyclic) bond motifs is 30. The lowest BCUT2D eigenvalue weighted by atomic mass is 9.52. The number of thiophene rings is 1. The van der Waals surface area contributed by atoms with Crippen molar-refractivity contribution in [2.45, 2.75) is 21.7 Å². The summed E-state index contributed by atoms with van der Waals surface area (Å²) >= 11 is 1.88. The molecule has 6 aliphatic rings. The summed E-state index contributed by atoms with van der Waals surface area (Å²) in [6.45, 7) is 0. The summed E-state index contributed by atoms with van der Waals surface area (Å²) < 4.78 is 8.98. The van der Waals surface area contributed by atoms with Crippen LogP contribution in [0.4, 0.5) is 0 Å². The average Bonchev–Trinajstić information content (AvgIpc) is 1.46. The first-order valence-corrected chi connectivity index (χ1v) is 36.5. The van der Waals surface area contributed by atoms with Crippen LogP contribution in [-0.4, -0.2) is 0 Å². The molecule has 18 aromatic rings. The average molecular weight is 1310 g/mol. The Bertz CT molecular complexity index is 6260. The minimum atomic E-state index is -0.543. The smallest absolute Gasteiger partial charge is 0.135 e. The Morgan fingerprint density at radius 3 is 1.01 bits per heavy atom. The summed E-state index contributed by atoms with van der Waals surface area (Å²) in [5, 5.41) is 4.96. The van der Waals surface area contributed by atoms with Crippen LogP contribution in [-0.2, 0) is 21.7 Å². The van der Waals surface area contributed by atoms with E-state index in [-0.39, 0.29) is 0 Å². The Balaban J connectivity index is 0.000000126. The molecular formula is C100H60OS. The predicted octanol–water partition coefficient (Wildman–Crippen LogP) is 25.1. The lowest BCUT2D eigenvalue weighted by Gasteiger charge is -2.48. The van der Waals surface area contributed by atoms with Gasteiger partial charge in [-0.3, -0.25) is 0 Å². The van der Waals surface area contributed by atoms with Gasteiger partial charge in [0.1, 0.15) is 11.2 Å². The quantitative estimate of drug-likeness (QED) is 0.171. The molecule has 4 atom stereocenters. The molecule has 102 heavy (non-hydrogen) atoms. The highest BCUT2D eigenvalue weighted by molar-refractivity contribution is 7.25. The summed E-state index contributed by atoms with van der Waals surface area (Å²) in [6, 6.07) is 137. The predicted molar refractivity (Wildman–Crippen MR) is 420 cm³/mol. The highest BCUT2D eigenvalue weighted by Crippen LogP contribution is 2.72. The van der Waals surface area contributed by atoms with Gasteiger partial charge >= 0.3 is 0 Å². The molecule has 16 aromatic carbocycles. The van der Waals surface area contributed by atoms with Crippen LogP contribution in [0.3, 0.4) is 0 Å². The van der Waals surface area contributed by atoms with E-state index in [0.29, 0.717) is 0 Å². The second-order valence-electron chi connectivity index (χ2n) is 28.5. The number of hydrogen-bond donors (Lipinski definition) is 0. The molecule has 0 saturated heterocycles. The summed E-state index contributed by atoms with van der Waals surface area (Å²) in [5.74, 6) is 0.